The summed E-state index contributed by atoms with van der Waals surface area (Å²) in [6.07, 6.45) is 4.01. The van der Waals surface area contributed by atoms with E-state index in [9.17, 15) is 0 Å². The van der Waals surface area contributed by atoms with E-state index >= 15 is 0 Å². The van der Waals surface area contributed by atoms with Crippen molar-refractivity contribution in [2.45, 2.75) is 32.2 Å². The highest BCUT2D eigenvalue weighted by molar-refractivity contribution is 5.67. The van der Waals surface area contributed by atoms with Gasteiger partial charge in [-0.3, -0.25) is 0 Å². The average Bonchev–Trinajstić information content (AvgIpc) is 2.39. The quantitative estimate of drug-likeness (QED) is 0.805. The third-order valence-electron chi connectivity index (χ3n) is 3.58. The number of fused-ring (bicyclic) bond motifs is 1. The Bertz CT molecular complexity index is 399. The van der Waals surface area contributed by atoms with Crippen molar-refractivity contribution in [3.8, 4) is 5.75 Å². The summed E-state index contributed by atoms with van der Waals surface area (Å²) in [6.45, 7) is 5.29. The first kappa shape index (κ1) is 10.8. The zero-order valence-electron chi connectivity index (χ0n) is 10.4. The molecule has 0 spiro atoms. The van der Waals surface area contributed by atoms with Crippen LogP contribution in [0.3, 0.4) is 0 Å². The molecule has 1 aromatic rings. The van der Waals surface area contributed by atoms with E-state index < -0.39 is 0 Å². The molecular weight excluding hydrogens is 212 g/mol. The molecule has 1 saturated heterocycles. The highest BCUT2D eigenvalue weighted by Crippen LogP contribution is 2.33. The van der Waals surface area contributed by atoms with Crippen LogP contribution in [0.4, 0.5) is 11.4 Å². The number of hydrogen-bond acceptors (Lipinski definition) is 3. The summed E-state index contributed by atoms with van der Waals surface area (Å²) < 4.78 is 5.70. The van der Waals surface area contributed by atoms with Gasteiger partial charge in [-0.2, -0.15) is 0 Å². The molecule has 3 heteroatoms. The molecule has 17 heavy (non-hydrogen) atoms. The van der Waals surface area contributed by atoms with Crippen LogP contribution >= 0.6 is 0 Å². The molecule has 1 fully saturated rings. The van der Waals surface area contributed by atoms with Gasteiger partial charge in [-0.25, -0.2) is 0 Å². The standard InChI is InChI=1S/C14H20N2O/c1-11-10-17-14-6-5-12(9-13(14)15-11)16-7-3-2-4-8-16/h5-6,9,11,15H,2-4,7-8,10H2,1H3. The fourth-order valence-corrected chi connectivity index (χ4v) is 2.63. The Labute approximate surface area is 103 Å². The zero-order chi connectivity index (χ0) is 11.7. The van der Waals surface area contributed by atoms with E-state index in [0.717, 1.165) is 18.0 Å². The van der Waals surface area contributed by atoms with Gasteiger partial charge in [0.2, 0.25) is 0 Å². The van der Waals surface area contributed by atoms with E-state index in [2.05, 4.69) is 35.3 Å². The molecule has 1 atom stereocenters. The van der Waals surface area contributed by atoms with Crippen molar-refractivity contribution in [3.05, 3.63) is 18.2 Å². The molecule has 0 saturated carbocycles. The van der Waals surface area contributed by atoms with Crippen LogP contribution in [0.15, 0.2) is 18.2 Å². The maximum Gasteiger partial charge on any atom is 0.142 e. The fraction of sp³-hybridized carbons (Fsp3) is 0.571. The summed E-state index contributed by atoms with van der Waals surface area (Å²) in [5.41, 5.74) is 2.47. The van der Waals surface area contributed by atoms with Crippen LogP contribution in [0.5, 0.6) is 5.75 Å². The van der Waals surface area contributed by atoms with Crippen LogP contribution in [0, 0.1) is 0 Å². The molecule has 1 aromatic carbocycles. The molecule has 0 aliphatic carbocycles. The first-order chi connectivity index (χ1) is 8.33. The Morgan fingerprint density at radius 3 is 2.88 bits per heavy atom. The second-order valence-electron chi connectivity index (χ2n) is 5.08. The number of ether oxygens (including phenoxy) is 1. The van der Waals surface area contributed by atoms with Crippen LogP contribution in [0.1, 0.15) is 26.2 Å². The third kappa shape index (κ3) is 2.19. The molecule has 0 aromatic heterocycles. The highest BCUT2D eigenvalue weighted by Gasteiger charge is 2.17. The molecule has 2 heterocycles. The Hall–Kier alpha value is -1.38. The molecule has 1 N–H and O–H groups in total. The monoisotopic (exact) mass is 232 g/mol. The van der Waals surface area contributed by atoms with Crippen molar-refractivity contribution in [1.82, 2.24) is 0 Å². The van der Waals surface area contributed by atoms with Crippen LogP contribution in [0.25, 0.3) is 0 Å². The van der Waals surface area contributed by atoms with E-state index in [4.69, 9.17) is 4.74 Å². The van der Waals surface area contributed by atoms with Crippen LogP contribution in [-0.4, -0.2) is 25.7 Å². The lowest BCUT2D eigenvalue weighted by molar-refractivity contribution is 0.292. The van der Waals surface area contributed by atoms with E-state index in [1.807, 2.05) is 0 Å². The lowest BCUT2D eigenvalue weighted by Crippen LogP contribution is -2.31. The Kier molecular flexibility index (Phi) is 2.83. The minimum Gasteiger partial charge on any atom is -0.489 e. The van der Waals surface area contributed by atoms with Gasteiger partial charge >= 0.3 is 0 Å². The Morgan fingerprint density at radius 1 is 1.24 bits per heavy atom. The van der Waals surface area contributed by atoms with Gasteiger partial charge in [-0.05, 0) is 44.4 Å². The molecule has 92 valence electrons. The molecule has 2 aliphatic heterocycles. The largest absolute Gasteiger partial charge is 0.489 e. The summed E-state index contributed by atoms with van der Waals surface area (Å²) in [7, 11) is 0. The number of nitrogens with one attached hydrogen (secondary N) is 1. The number of hydrogen-bond donors (Lipinski definition) is 1. The minimum atomic E-state index is 0.402. The predicted octanol–water partition coefficient (Wildman–Crippen LogP) is 2.87. The molecule has 0 amide bonds. The first-order valence-corrected chi connectivity index (χ1v) is 6.61. The summed E-state index contributed by atoms with van der Waals surface area (Å²) in [5, 5.41) is 3.49. The van der Waals surface area contributed by atoms with Crippen molar-refractivity contribution in [3.63, 3.8) is 0 Å². The van der Waals surface area contributed by atoms with Gasteiger partial charge in [0.25, 0.3) is 0 Å². The van der Waals surface area contributed by atoms with Crippen LogP contribution in [-0.2, 0) is 0 Å². The minimum absolute atomic E-state index is 0.402. The van der Waals surface area contributed by atoms with E-state index in [1.165, 1.54) is 38.0 Å². The van der Waals surface area contributed by atoms with E-state index in [-0.39, 0.29) is 0 Å². The average molecular weight is 232 g/mol. The van der Waals surface area contributed by atoms with Crippen molar-refractivity contribution >= 4 is 11.4 Å². The van der Waals surface area contributed by atoms with Gasteiger partial charge in [-0.1, -0.05) is 0 Å². The molecule has 0 radical (unpaired) electrons. The van der Waals surface area contributed by atoms with Crippen LogP contribution < -0.4 is 15.0 Å². The van der Waals surface area contributed by atoms with Gasteiger partial charge in [0.15, 0.2) is 0 Å². The Balaban J connectivity index is 1.84. The Morgan fingerprint density at radius 2 is 2.06 bits per heavy atom. The fourth-order valence-electron chi connectivity index (χ4n) is 2.63. The molecule has 1 unspecified atom stereocenters. The molecular formula is C14H20N2O. The van der Waals surface area contributed by atoms with Gasteiger partial charge in [-0.15, -0.1) is 0 Å². The summed E-state index contributed by atoms with van der Waals surface area (Å²) >= 11 is 0. The van der Waals surface area contributed by atoms with Gasteiger partial charge in [0.1, 0.15) is 12.4 Å². The van der Waals surface area contributed by atoms with E-state index in [1.54, 1.807) is 0 Å². The van der Waals surface area contributed by atoms with Gasteiger partial charge < -0.3 is 15.0 Å². The summed E-state index contributed by atoms with van der Waals surface area (Å²) in [4.78, 5) is 2.48. The highest BCUT2D eigenvalue weighted by atomic mass is 16.5. The maximum absolute atomic E-state index is 5.70. The molecule has 2 aliphatic rings. The number of rotatable bonds is 1. The molecule has 3 rings (SSSR count). The zero-order valence-corrected chi connectivity index (χ0v) is 10.4. The maximum atomic E-state index is 5.70. The predicted molar refractivity (Wildman–Crippen MR) is 71.1 cm³/mol. The number of benzene rings is 1. The molecule has 3 nitrogen and oxygen atoms in total. The van der Waals surface area contributed by atoms with E-state index in [0.29, 0.717) is 6.04 Å². The number of anilines is 2. The number of piperidine rings is 1. The molecule has 0 bridgehead atoms. The van der Waals surface area contributed by atoms with Crippen LogP contribution in [0.2, 0.25) is 0 Å². The smallest absolute Gasteiger partial charge is 0.142 e. The van der Waals surface area contributed by atoms with Crippen molar-refractivity contribution < 1.29 is 4.74 Å². The second-order valence-corrected chi connectivity index (χ2v) is 5.08. The lowest BCUT2D eigenvalue weighted by atomic mass is 10.1. The normalized spacial score (nSPS) is 23.6. The SMILES string of the molecule is CC1COc2ccc(N3CCCCC3)cc2N1. The van der Waals surface area contributed by atoms with Gasteiger partial charge in [0, 0.05) is 18.8 Å². The summed E-state index contributed by atoms with van der Waals surface area (Å²) in [6, 6.07) is 6.91. The number of nitrogens with zero attached hydrogens (tertiary/aromatic N) is 1. The topological polar surface area (TPSA) is 24.5 Å². The van der Waals surface area contributed by atoms with Crippen molar-refractivity contribution in [2.75, 3.05) is 29.9 Å². The van der Waals surface area contributed by atoms with Crippen molar-refractivity contribution in [1.29, 1.82) is 0 Å². The third-order valence-corrected chi connectivity index (χ3v) is 3.58. The van der Waals surface area contributed by atoms with Crippen molar-refractivity contribution in [2.24, 2.45) is 0 Å². The lowest BCUT2D eigenvalue weighted by Gasteiger charge is -2.31. The second kappa shape index (κ2) is 4.47. The van der Waals surface area contributed by atoms with Gasteiger partial charge in [0.05, 0.1) is 11.7 Å². The first-order valence-electron chi connectivity index (χ1n) is 6.61. The summed E-state index contributed by atoms with van der Waals surface area (Å²) in [5.74, 6) is 0.990.